The van der Waals surface area contributed by atoms with Crippen molar-refractivity contribution in [3.8, 4) is 0 Å². The molecule has 0 radical (unpaired) electrons. The van der Waals surface area contributed by atoms with Gasteiger partial charge in [0.25, 0.3) is 5.91 Å². The van der Waals surface area contributed by atoms with Gasteiger partial charge in [0, 0.05) is 28.8 Å². The summed E-state index contributed by atoms with van der Waals surface area (Å²) >= 11 is 0. The van der Waals surface area contributed by atoms with Crippen LogP contribution >= 0.6 is 0 Å². The first-order chi connectivity index (χ1) is 11.5. The smallest absolute Gasteiger partial charge is 0.329 e. The summed E-state index contributed by atoms with van der Waals surface area (Å²) in [6, 6.07) is 8.52. The van der Waals surface area contributed by atoms with Gasteiger partial charge in [-0.1, -0.05) is 0 Å². The van der Waals surface area contributed by atoms with E-state index in [4.69, 9.17) is 0 Å². The molecule has 0 atom stereocenters. The van der Waals surface area contributed by atoms with Crippen LogP contribution in [0.15, 0.2) is 36.5 Å². The van der Waals surface area contributed by atoms with Crippen LogP contribution in [0.5, 0.6) is 0 Å². The summed E-state index contributed by atoms with van der Waals surface area (Å²) in [6.07, 6.45) is 1.80. The molecule has 0 bridgehead atoms. The number of benzene rings is 1. The molecule has 4 rings (SSSR count). The molecule has 7 nitrogen and oxygen atoms in total. The van der Waals surface area contributed by atoms with Crippen molar-refractivity contribution in [3.05, 3.63) is 47.8 Å². The zero-order chi connectivity index (χ0) is 16.8. The SMILES string of the molecule is C/C(=C1\C(=O)Nc2ccc(N3CC(=O)NC3=O)cc21)c1ccc[nH]1. The number of aromatic amines is 1. The molecule has 1 aromatic carbocycles. The summed E-state index contributed by atoms with van der Waals surface area (Å²) in [5.41, 5.74) is 4.21. The Morgan fingerprint density at radius 3 is 2.62 bits per heavy atom. The average Bonchev–Trinajstić information content (AvgIpc) is 3.24. The summed E-state index contributed by atoms with van der Waals surface area (Å²) in [5.74, 6) is -0.524. The number of carbonyl (C=O) groups excluding carboxylic acids is 3. The van der Waals surface area contributed by atoms with E-state index < -0.39 is 6.03 Å². The summed E-state index contributed by atoms with van der Waals surface area (Å²) in [4.78, 5) is 40.1. The molecule has 24 heavy (non-hydrogen) atoms. The number of anilines is 2. The number of nitrogens with one attached hydrogen (secondary N) is 3. The molecule has 1 fully saturated rings. The standard InChI is InChI=1S/C17H14N4O3/c1-9(12-3-2-6-18-12)15-11-7-10(4-5-13(11)19-16(15)23)21-8-14(22)20-17(21)24/h2-7,18H,8H2,1H3,(H,19,23)(H,20,22,24)/b15-9+. The number of rotatable bonds is 2. The first-order valence-electron chi connectivity index (χ1n) is 7.46. The fourth-order valence-electron chi connectivity index (χ4n) is 3.04. The Balaban J connectivity index is 1.82. The topological polar surface area (TPSA) is 94.3 Å². The first kappa shape index (κ1) is 14.3. The van der Waals surface area contributed by atoms with Gasteiger partial charge in [0.2, 0.25) is 5.91 Å². The van der Waals surface area contributed by atoms with Crippen molar-refractivity contribution in [2.24, 2.45) is 0 Å². The maximum Gasteiger partial charge on any atom is 0.329 e. The average molecular weight is 322 g/mol. The Bertz CT molecular complexity index is 912. The number of aromatic nitrogens is 1. The third-order valence-corrected chi connectivity index (χ3v) is 4.23. The van der Waals surface area contributed by atoms with Crippen LogP contribution in [0.1, 0.15) is 18.2 Å². The maximum atomic E-state index is 12.4. The Labute approximate surface area is 137 Å². The largest absolute Gasteiger partial charge is 0.361 e. The van der Waals surface area contributed by atoms with Gasteiger partial charge < -0.3 is 10.3 Å². The van der Waals surface area contributed by atoms with E-state index in [1.54, 1.807) is 24.4 Å². The molecular weight excluding hydrogens is 308 g/mol. The highest BCUT2D eigenvalue weighted by Crippen LogP contribution is 2.38. The van der Waals surface area contributed by atoms with Gasteiger partial charge in [-0.25, -0.2) is 4.79 Å². The summed E-state index contributed by atoms with van der Waals surface area (Å²) < 4.78 is 0. The molecule has 0 saturated carbocycles. The molecule has 1 aromatic heterocycles. The number of hydrogen-bond donors (Lipinski definition) is 3. The zero-order valence-corrected chi connectivity index (χ0v) is 12.8. The number of nitrogens with zero attached hydrogens (tertiary/aromatic N) is 1. The van der Waals surface area contributed by atoms with Crippen molar-refractivity contribution >= 4 is 40.4 Å². The molecule has 3 heterocycles. The van der Waals surface area contributed by atoms with Crippen LogP contribution in [0.4, 0.5) is 16.2 Å². The minimum atomic E-state index is -0.455. The van der Waals surface area contributed by atoms with E-state index in [1.165, 1.54) is 4.90 Å². The molecule has 2 aromatic rings. The number of urea groups is 1. The van der Waals surface area contributed by atoms with Crippen molar-refractivity contribution in [1.29, 1.82) is 0 Å². The molecule has 2 aliphatic heterocycles. The van der Waals surface area contributed by atoms with Crippen LogP contribution in [-0.4, -0.2) is 29.4 Å². The van der Waals surface area contributed by atoms with Gasteiger partial charge in [0.1, 0.15) is 6.54 Å². The Hall–Kier alpha value is -3.35. The lowest BCUT2D eigenvalue weighted by atomic mass is 9.99. The lowest BCUT2D eigenvalue weighted by molar-refractivity contribution is -0.117. The van der Waals surface area contributed by atoms with E-state index in [1.807, 2.05) is 19.1 Å². The number of H-pyrrole nitrogens is 1. The van der Waals surface area contributed by atoms with E-state index in [0.29, 0.717) is 16.9 Å². The molecule has 0 aliphatic carbocycles. The molecule has 0 spiro atoms. The van der Waals surface area contributed by atoms with Gasteiger partial charge in [0.05, 0.1) is 5.57 Å². The first-order valence-corrected chi connectivity index (χ1v) is 7.46. The van der Waals surface area contributed by atoms with Gasteiger partial charge >= 0.3 is 6.03 Å². The number of hydrogen-bond acceptors (Lipinski definition) is 3. The van der Waals surface area contributed by atoms with Crippen molar-refractivity contribution < 1.29 is 14.4 Å². The van der Waals surface area contributed by atoms with E-state index in [-0.39, 0.29) is 18.4 Å². The van der Waals surface area contributed by atoms with Crippen LogP contribution in [0.3, 0.4) is 0 Å². The third-order valence-electron chi connectivity index (χ3n) is 4.23. The van der Waals surface area contributed by atoms with Crippen molar-refractivity contribution in [2.75, 3.05) is 16.8 Å². The maximum absolute atomic E-state index is 12.4. The Morgan fingerprint density at radius 2 is 1.96 bits per heavy atom. The monoisotopic (exact) mass is 322 g/mol. The number of allylic oxidation sites excluding steroid dienone is 1. The second-order valence-corrected chi connectivity index (χ2v) is 5.71. The van der Waals surface area contributed by atoms with Gasteiger partial charge in [-0.05, 0) is 42.8 Å². The minimum Gasteiger partial charge on any atom is -0.361 e. The second kappa shape index (κ2) is 5.09. The quantitative estimate of drug-likeness (QED) is 0.582. The number of amides is 4. The van der Waals surface area contributed by atoms with Crippen LogP contribution < -0.4 is 15.5 Å². The van der Waals surface area contributed by atoms with Gasteiger partial charge in [0.15, 0.2) is 0 Å². The molecular formula is C17H14N4O3. The molecule has 4 amide bonds. The van der Waals surface area contributed by atoms with E-state index in [2.05, 4.69) is 15.6 Å². The normalized spacial score (nSPS) is 18.5. The highest BCUT2D eigenvalue weighted by atomic mass is 16.2. The lowest BCUT2D eigenvalue weighted by Crippen LogP contribution is -2.27. The Morgan fingerprint density at radius 1 is 1.12 bits per heavy atom. The van der Waals surface area contributed by atoms with E-state index in [9.17, 15) is 14.4 Å². The van der Waals surface area contributed by atoms with Crippen LogP contribution in [-0.2, 0) is 9.59 Å². The Kier molecular flexibility index (Phi) is 3.02. The fourth-order valence-corrected chi connectivity index (χ4v) is 3.04. The second-order valence-electron chi connectivity index (χ2n) is 5.71. The van der Waals surface area contributed by atoms with E-state index in [0.717, 1.165) is 16.8 Å². The predicted molar refractivity (Wildman–Crippen MR) is 89.2 cm³/mol. The molecule has 7 heteroatoms. The zero-order valence-electron chi connectivity index (χ0n) is 12.8. The van der Waals surface area contributed by atoms with Gasteiger partial charge in [-0.2, -0.15) is 0 Å². The highest BCUT2D eigenvalue weighted by molar-refractivity contribution is 6.36. The summed E-state index contributed by atoms with van der Waals surface area (Å²) in [5, 5.41) is 5.08. The van der Waals surface area contributed by atoms with E-state index >= 15 is 0 Å². The lowest BCUT2D eigenvalue weighted by Gasteiger charge is -2.14. The van der Waals surface area contributed by atoms with Crippen LogP contribution in [0, 0.1) is 0 Å². The minimum absolute atomic E-state index is 0.0202. The number of fused-ring (bicyclic) bond motifs is 1. The third kappa shape index (κ3) is 2.10. The van der Waals surface area contributed by atoms with Crippen LogP contribution in [0.2, 0.25) is 0 Å². The van der Waals surface area contributed by atoms with Crippen molar-refractivity contribution in [3.63, 3.8) is 0 Å². The molecule has 1 saturated heterocycles. The number of carbonyl (C=O) groups is 3. The summed E-state index contributed by atoms with van der Waals surface area (Å²) in [6.45, 7) is 1.85. The van der Waals surface area contributed by atoms with Crippen molar-refractivity contribution in [2.45, 2.75) is 6.92 Å². The summed E-state index contributed by atoms with van der Waals surface area (Å²) in [7, 11) is 0. The van der Waals surface area contributed by atoms with Gasteiger partial charge in [-0.3, -0.25) is 19.8 Å². The number of imide groups is 1. The molecule has 2 aliphatic rings. The predicted octanol–water partition coefficient (Wildman–Crippen LogP) is 1.95. The van der Waals surface area contributed by atoms with Crippen LogP contribution in [0.25, 0.3) is 11.1 Å². The molecule has 120 valence electrons. The molecule has 0 unspecified atom stereocenters. The fraction of sp³-hybridized carbons (Fsp3) is 0.118. The molecule has 3 N–H and O–H groups in total. The highest BCUT2D eigenvalue weighted by Gasteiger charge is 2.31. The van der Waals surface area contributed by atoms with Crippen molar-refractivity contribution in [1.82, 2.24) is 10.3 Å². The van der Waals surface area contributed by atoms with Gasteiger partial charge in [-0.15, -0.1) is 0 Å².